The molecule has 0 bridgehead atoms. The Morgan fingerprint density at radius 1 is 0.867 bits per heavy atom. The van der Waals surface area contributed by atoms with E-state index in [0.29, 0.717) is 6.42 Å². The number of hydrogen-bond donors (Lipinski definition) is 3. The number of anilines is 2. The van der Waals surface area contributed by atoms with Gasteiger partial charge in [-0.15, -0.1) is 0 Å². The summed E-state index contributed by atoms with van der Waals surface area (Å²) in [4.78, 5) is 13.5. The molecule has 0 radical (unpaired) electrons. The molecule has 2 atom stereocenters. The van der Waals surface area contributed by atoms with Gasteiger partial charge < -0.3 is 15.7 Å². The molecule has 0 amide bonds. The SMILES string of the molecule is Cc1ccc(C2CC(=O)C3=C(C2)Nc2ccccc2NC3c2cccc(O)c2)cc1. The van der Waals surface area contributed by atoms with Gasteiger partial charge in [0.15, 0.2) is 5.78 Å². The first kappa shape index (κ1) is 18.5. The first-order chi connectivity index (χ1) is 14.6. The van der Waals surface area contributed by atoms with Gasteiger partial charge in [-0.05, 0) is 54.7 Å². The van der Waals surface area contributed by atoms with Crippen molar-refractivity contribution in [2.75, 3.05) is 10.6 Å². The van der Waals surface area contributed by atoms with E-state index in [4.69, 9.17) is 0 Å². The van der Waals surface area contributed by atoms with Crippen LogP contribution in [0.2, 0.25) is 0 Å². The van der Waals surface area contributed by atoms with Gasteiger partial charge in [-0.3, -0.25) is 4.79 Å². The standard InChI is InChI=1S/C26H24N2O2/c1-16-9-11-17(12-10-16)19-14-23-25(24(30)15-19)26(18-5-4-6-20(29)13-18)28-22-8-3-2-7-21(22)27-23/h2-13,19,26-29H,14-15H2,1H3. The van der Waals surface area contributed by atoms with Crippen molar-refractivity contribution >= 4 is 17.2 Å². The zero-order valence-electron chi connectivity index (χ0n) is 16.9. The molecule has 0 saturated heterocycles. The van der Waals surface area contributed by atoms with Crippen molar-refractivity contribution in [2.24, 2.45) is 0 Å². The summed E-state index contributed by atoms with van der Waals surface area (Å²) < 4.78 is 0. The van der Waals surface area contributed by atoms with E-state index in [1.807, 2.05) is 36.4 Å². The molecule has 5 rings (SSSR count). The van der Waals surface area contributed by atoms with Crippen LogP contribution in [-0.4, -0.2) is 10.9 Å². The summed E-state index contributed by atoms with van der Waals surface area (Å²) in [7, 11) is 0. The Hall–Kier alpha value is -3.53. The van der Waals surface area contributed by atoms with Crippen LogP contribution < -0.4 is 10.6 Å². The molecule has 3 N–H and O–H groups in total. The molecule has 1 aliphatic heterocycles. The number of hydrogen-bond acceptors (Lipinski definition) is 4. The highest BCUT2D eigenvalue weighted by Crippen LogP contribution is 2.44. The Kier molecular flexibility index (Phi) is 4.55. The first-order valence-corrected chi connectivity index (χ1v) is 10.3. The molecule has 3 aromatic carbocycles. The molecule has 4 nitrogen and oxygen atoms in total. The van der Waals surface area contributed by atoms with Crippen molar-refractivity contribution in [3.05, 3.63) is 101 Å². The molecule has 1 heterocycles. The van der Waals surface area contributed by atoms with Gasteiger partial charge in [0.2, 0.25) is 0 Å². The third-order valence-electron chi connectivity index (χ3n) is 6.06. The Labute approximate surface area is 176 Å². The lowest BCUT2D eigenvalue weighted by molar-refractivity contribution is -0.116. The van der Waals surface area contributed by atoms with Gasteiger partial charge in [-0.1, -0.05) is 54.1 Å². The summed E-state index contributed by atoms with van der Waals surface area (Å²) in [6, 6.07) is 23.3. The number of para-hydroxylation sites is 2. The van der Waals surface area contributed by atoms with Crippen LogP contribution in [0.5, 0.6) is 5.75 Å². The van der Waals surface area contributed by atoms with E-state index in [9.17, 15) is 9.90 Å². The number of benzene rings is 3. The molecule has 0 aromatic heterocycles. The zero-order valence-corrected chi connectivity index (χ0v) is 16.9. The number of carbonyl (C=O) groups excluding carboxylic acids is 1. The van der Waals surface area contributed by atoms with E-state index in [-0.39, 0.29) is 23.5 Å². The summed E-state index contributed by atoms with van der Waals surface area (Å²) in [5.74, 6) is 0.491. The van der Waals surface area contributed by atoms with Crippen LogP contribution in [0.1, 0.15) is 41.5 Å². The highest BCUT2D eigenvalue weighted by Gasteiger charge is 2.36. The minimum absolute atomic E-state index is 0.142. The lowest BCUT2D eigenvalue weighted by atomic mass is 9.78. The van der Waals surface area contributed by atoms with Crippen molar-refractivity contribution in [3.8, 4) is 5.75 Å². The number of phenolic OH excluding ortho intramolecular Hbond substituents is 1. The second-order valence-corrected chi connectivity index (χ2v) is 8.17. The number of rotatable bonds is 2. The smallest absolute Gasteiger partial charge is 0.163 e. The number of carbonyl (C=O) groups is 1. The van der Waals surface area contributed by atoms with Crippen LogP contribution >= 0.6 is 0 Å². The normalized spacial score (nSPS) is 20.5. The van der Waals surface area contributed by atoms with Crippen LogP contribution in [0.4, 0.5) is 11.4 Å². The van der Waals surface area contributed by atoms with Crippen molar-refractivity contribution in [2.45, 2.75) is 31.7 Å². The number of nitrogens with one attached hydrogen (secondary N) is 2. The van der Waals surface area contributed by atoms with Crippen LogP contribution in [-0.2, 0) is 4.79 Å². The number of Topliss-reactive ketones (excluding diaryl/α,β-unsaturated/α-hetero) is 1. The molecule has 0 fully saturated rings. The highest BCUT2D eigenvalue weighted by molar-refractivity contribution is 6.01. The zero-order chi connectivity index (χ0) is 20.7. The first-order valence-electron chi connectivity index (χ1n) is 10.3. The van der Waals surface area contributed by atoms with Crippen LogP contribution in [0.3, 0.4) is 0 Å². The Morgan fingerprint density at radius 3 is 2.40 bits per heavy atom. The number of phenols is 1. The number of allylic oxidation sites excluding steroid dienone is 1. The number of aryl methyl sites for hydroxylation is 1. The maximum atomic E-state index is 13.5. The Morgan fingerprint density at radius 2 is 1.63 bits per heavy atom. The molecule has 1 aliphatic carbocycles. The molecule has 3 aromatic rings. The van der Waals surface area contributed by atoms with Crippen LogP contribution in [0, 0.1) is 6.92 Å². The fourth-order valence-corrected chi connectivity index (χ4v) is 4.52. The summed E-state index contributed by atoms with van der Waals surface area (Å²) in [6.07, 6.45) is 1.26. The minimum Gasteiger partial charge on any atom is -0.508 e. The second kappa shape index (κ2) is 7.38. The number of aromatic hydroxyl groups is 1. The maximum absolute atomic E-state index is 13.5. The number of ketones is 1. The van der Waals surface area contributed by atoms with Gasteiger partial charge in [0.1, 0.15) is 5.75 Å². The summed E-state index contributed by atoms with van der Waals surface area (Å²) in [6.45, 7) is 2.08. The van der Waals surface area contributed by atoms with Gasteiger partial charge in [0, 0.05) is 17.7 Å². The largest absolute Gasteiger partial charge is 0.508 e. The second-order valence-electron chi connectivity index (χ2n) is 8.17. The van der Waals surface area contributed by atoms with Crippen molar-refractivity contribution in [1.29, 1.82) is 0 Å². The predicted molar refractivity (Wildman–Crippen MR) is 120 cm³/mol. The van der Waals surface area contributed by atoms with Gasteiger partial charge in [0.25, 0.3) is 0 Å². The fraction of sp³-hybridized carbons (Fsp3) is 0.192. The van der Waals surface area contributed by atoms with Gasteiger partial charge in [-0.25, -0.2) is 0 Å². The molecule has 0 spiro atoms. The van der Waals surface area contributed by atoms with Gasteiger partial charge in [-0.2, -0.15) is 0 Å². The van der Waals surface area contributed by atoms with E-state index in [2.05, 4.69) is 41.8 Å². The topological polar surface area (TPSA) is 61.4 Å². The molecule has 30 heavy (non-hydrogen) atoms. The third kappa shape index (κ3) is 3.35. The third-order valence-corrected chi connectivity index (χ3v) is 6.06. The monoisotopic (exact) mass is 396 g/mol. The van der Waals surface area contributed by atoms with Crippen molar-refractivity contribution in [3.63, 3.8) is 0 Å². The quantitative estimate of drug-likeness (QED) is 0.521. The lowest BCUT2D eigenvalue weighted by Gasteiger charge is -2.30. The Balaban J connectivity index is 1.61. The van der Waals surface area contributed by atoms with Gasteiger partial charge >= 0.3 is 0 Å². The molecular formula is C26H24N2O2. The molecule has 150 valence electrons. The van der Waals surface area contributed by atoms with E-state index >= 15 is 0 Å². The molecule has 2 unspecified atom stereocenters. The average molecular weight is 396 g/mol. The van der Waals surface area contributed by atoms with E-state index < -0.39 is 0 Å². The van der Waals surface area contributed by atoms with Crippen molar-refractivity contribution in [1.82, 2.24) is 0 Å². The Bertz CT molecular complexity index is 1150. The number of fused-ring (bicyclic) bond motifs is 1. The van der Waals surface area contributed by atoms with E-state index in [1.54, 1.807) is 12.1 Å². The molecule has 4 heteroatoms. The summed E-state index contributed by atoms with van der Waals surface area (Å²) >= 11 is 0. The average Bonchev–Trinajstić information content (AvgIpc) is 2.91. The van der Waals surface area contributed by atoms with Gasteiger partial charge in [0.05, 0.1) is 17.4 Å². The van der Waals surface area contributed by atoms with E-state index in [1.165, 1.54) is 11.1 Å². The highest BCUT2D eigenvalue weighted by atomic mass is 16.3. The maximum Gasteiger partial charge on any atom is 0.163 e. The summed E-state index contributed by atoms with van der Waals surface area (Å²) in [5, 5.41) is 17.1. The fourth-order valence-electron chi connectivity index (χ4n) is 4.52. The predicted octanol–water partition coefficient (Wildman–Crippen LogP) is 5.68. The minimum atomic E-state index is -0.310. The molecule has 2 aliphatic rings. The van der Waals surface area contributed by atoms with Crippen molar-refractivity contribution < 1.29 is 9.90 Å². The van der Waals surface area contributed by atoms with Crippen LogP contribution in [0.15, 0.2) is 84.1 Å². The summed E-state index contributed by atoms with van der Waals surface area (Å²) in [5.41, 5.74) is 6.92. The lowest BCUT2D eigenvalue weighted by Crippen LogP contribution is -2.26. The van der Waals surface area contributed by atoms with Crippen LogP contribution in [0.25, 0.3) is 0 Å². The van der Waals surface area contributed by atoms with E-state index in [0.717, 1.165) is 34.6 Å². The molecule has 0 saturated carbocycles. The molecular weight excluding hydrogens is 372 g/mol.